The van der Waals surface area contributed by atoms with Crippen LogP contribution >= 0.6 is 0 Å². The molecule has 0 bridgehead atoms. The Morgan fingerprint density at radius 2 is 2.03 bits per heavy atom. The SMILES string of the molecule is Cc1noc(C)c1COc1cccc(C(=O)NCc2cccnc2OC2CCCC2)c1. The van der Waals surface area contributed by atoms with E-state index in [0.717, 1.165) is 35.4 Å². The number of benzene rings is 1. The van der Waals surface area contributed by atoms with Crippen molar-refractivity contribution in [3.8, 4) is 11.6 Å². The van der Waals surface area contributed by atoms with Crippen LogP contribution in [0.3, 0.4) is 0 Å². The topological polar surface area (TPSA) is 86.5 Å². The van der Waals surface area contributed by atoms with E-state index in [1.54, 1.807) is 24.4 Å². The lowest BCUT2D eigenvalue weighted by Crippen LogP contribution is -2.24. The Hall–Kier alpha value is -3.35. The first kappa shape index (κ1) is 20.9. The fraction of sp³-hybridized carbons (Fsp3) is 0.375. The Morgan fingerprint density at radius 3 is 2.81 bits per heavy atom. The molecule has 0 spiro atoms. The third-order valence-electron chi connectivity index (χ3n) is 5.53. The van der Waals surface area contributed by atoms with E-state index in [-0.39, 0.29) is 12.0 Å². The molecule has 1 amide bonds. The van der Waals surface area contributed by atoms with Gasteiger partial charge in [0.15, 0.2) is 0 Å². The van der Waals surface area contributed by atoms with Gasteiger partial charge >= 0.3 is 0 Å². The van der Waals surface area contributed by atoms with Crippen molar-refractivity contribution >= 4 is 5.91 Å². The Labute approximate surface area is 181 Å². The predicted molar refractivity (Wildman–Crippen MR) is 115 cm³/mol. The number of pyridine rings is 1. The molecule has 1 fully saturated rings. The number of carbonyl (C=O) groups excluding carboxylic acids is 1. The summed E-state index contributed by atoms with van der Waals surface area (Å²) in [6, 6.07) is 10.9. The molecular formula is C24H27N3O4. The molecule has 3 aromatic rings. The maximum absolute atomic E-state index is 12.7. The van der Waals surface area contributed by atoms with Gasteiger partial charge < -0.3 is 19.3 Å². The number of hydrogen-bond donors (Lipinski definition) is 1. The lowest BCUT2D eigenvalue weighted by atomic mass is 10.2. The third kappa shape index (κ3) is 5.23. The van der Waals surface area contributed by atoms with Crippen LogP contribution in [0.25, 0.3) is 0 Å². The van der Waals surface area contributed by atoms with Crippen molar-refractivity contribution in [2.24, 2.45) is 0 Å². The van der Waals surface area contributed by atoms with Gasteiger partial charge in [0.1, 0.15) is 24.2 Å². The second-order valence-corrected chi connectivity index (χ2v) is 7.79. The predicted octanol–water partition coefficient (Wildman–Crippen LogP) is 4.52. The molecule has 0 unspecified atom stereocenters. The summed E-state index contributed by atoms with van der Waals surface area (Å²) in [6.07, 6.45) is 6.44. The third-order valence-corrected chi connectivity index (χ3v) is 5.53. The summed E-state index contributed by atoms with van der Waals surface area (Å²) in [5.74, 6) is 1.77. The summed E-state index contributed by atoms with van der Waals surface area (Å²) in [4.78, 5) is 17.1. The number of carbonyl (C=O) groups is 1. The summed E-state index contributed by atoms with van der Waals surface area (Å²) in [6.45, 7) is 4.41. The highest BCUT2D eigenvalue weighted by Crippen LogP contribution is 2.25. The molecule has 31 heavy (non-hydrogen) atoms. The molecule has 1 N–H and O–H groups in total. The average Bonchev–Trinajstić information content (AvgIpc) is 3.41. The zero-order valence-electron chi connectivity index (χ0n) is 17.9. The lowest BCUT2D eigenvalue weighted by Gasteiger charge is -2.15. The molecule has 4 rings (SSSR count). The maximum Gasteiger partial charge on any atom is 0.251 e. The van der Waals surface area contributed by atoms with Gasteiger partial charge in [-0.3, -0.25) is 4.79 Å². The van der Waals surface area contributed by atoms with Crippen molar-refractivity contribution in [1.82, 2.24) is 15.5 Å². The number of aromatic nitrogens is 2. The molecule has 2 heterocycles. The van der Waals surface area contributed by atoms with Crippen molar-refractivity contribution in [3.63, 3.8) is 0 Å². The number of nitrogens with zero attached hydrogens (tertiary/aromatic N) is 2. The molecule has 1 saturated carbocycles. The first-order chi connectivity index (χ1) is 15.1. The Balaban J connectivity index is 1.36. The number of ether oxygens (including phenoxy) is 2. The minimum Gasteiger partial charge on any atom is -0.489 e. The molecule has 0 aliphatic heterocycles. The van der Waals surface area contributed by atoms with Crippen LogP contribution in [0, 0.1) is 13.8 Å². The standard InChI is InChI=1S/C24H27N3O4/c1-16-22(17(2)31-27-16)15-29-21-11-5-7-18(13-21)23(28)26-14-19-8-6-12-25-24(19)30-20-9-3-4-10-20/h5-8,11-13,20H,3-4,9-10,14-15H2,1-2H3,(H,26,28). The van der Waals surface area contributed by atoms with E-state index in [2.05, 4.69) is 15.5 Å². The van der Waals surface area contributed by atoms with Crippen LogP contribution in [0.5, 0.6) is 11.6 Å². The highest BCUT2D eigenvalue weighted by Gasteiger charge is 2.19. The molecule has 0 atom stereocenters. The zero-order valence-corrected chi connectivity index (χ0v) is 17.9. The fourth-order valence-electron chi connectivity index (χ4n) is 3.70. The Morgan fingerprint density at radius 1 is 1.19 bits per heavy atom. The number of aryl methyl sites for hydroxylation is 2. The highest BCUT2D eigenvalue weighted by atomic mass is 16.5. The van der Waals surface area contributed by atoms with Gasteiger partial charge in [0.2, 0.25) is 5.88 Å². The molecule has 1 aliphatic rings. The van der Waals surface area contributed by atoms with Crippen molar-refractivity contribution in [2.45, 2.75) is 58.8 Å². The average molecular weight is 421 g/mol. The van der Waals surface area contributed by atoms with Crippen molar-refractivity contribution in [3.05, 3.63) is 70.7 Å². The van der Waals surface area contributed by atoms with Crippen LogP contribution in [0.1, 0.15) is 58.6 Å². The van der Waals surface area contributed by atoms with Gasteiger partial charge in [0.25, 0.3) is 5.91 Å². The number of nitrogens with one attached hydrogen (secondary N) is 1. The summed E-state index contributed by atoms with van der Waals surface area (Å²) in [5.41, 5.74) is 3.12. The van der Waals surface area contributed by atoms with Gasteiger partial charge in [-0.2, -0.15) is 0 Å². The van der Waals surface area contributed by atoms with E-state index < -0.39 is 0 Å². The smallest absolute Gasteiger partial charge is 0.251 e. The van der Waals surface area contributed by atoms with E-state index >= 15 is 0 Å². The second kappa shape index (κ2) is 9.64. The summed E-state index contributed by atoms with van der Waals surface area (Å²) in [7, 11) is 0. The maximum atomic E-state index is 12.7. The number of amides is 1. The van der Waals surface area contributed by atoms with Gasteiger partial charge in [-0.1, -0.05) is 17.3 Å². The Kier molecular flexibility index (Phi) is 6.50. The quantitative estimate of drug-likeness (QED) is 0.576. The molecule has 162 valence electrons. The van der Waals surface area contributed by atoms with E-state index in [0.29, 0.717) is 30.3 Å². The monoisotopic (exact) mass is 421 g/mol. The van der Waals surface area contributed by atoms with Crippen LogP contribution in [-0.4, -0.2) is 22.2 Å². The second-order valence-electron chi connectivity index (χ2n) is 7.79. The van der Waals surface area contributed by atoms with Crippen molar-refractivity contribution in [1.29, 1.82) is 0 Å². The molecule has 2 aromatic heterocycles. The highest BCUT2D eigenvalue weighted by molar-refractivity contribution is 5.94. The van der Waals surface area contributed by atoms with Crippen molar-refractivity contribution in [2.75, 3.05) is 0 Å². The Bertz CT molecular complexity index is 1020. The number of hydrogen-bond acceptors (Lipinski definition) is 6. The molecule has 7 heteroatoms. The van der Waals surface area contributed by atoms with Gasteiger partial charge in [-0.15, -0.1) is 0 Å². The van der Waals surface area contributed by atoms with Crippen LogP contribution < -0.4 is 14.8 Å². The molecule has 0 radical (unpaired) electrons. The van der Waals surface area contributed by atoms with Crippen LogP contribution in [0.4, 0.5) is 0 Å². The van der Waals surface area contributed by atoms with Gasteiger partial charge in [0, 0.05) is 23.9 Å². The minimum atomic E-state index is -0.182. The van der Waals surface area contributed by atoms with Gasteiger partial charge in [-0.25, -0.2) is 4.98 Å². The largest absolute Gasteiger partial charge is 0.489 e. The van der Waals surface area contributed by atoms with Crippen molar-refractivity contribution < 1.29 is 18.8 Å². The minimum absolute atomic E-state index is 0.182. The number of rotatable bonds is 8. The van der Waals surface area contributed by atoms with Crippen LogP contribution in [0.2, 0.25) is 0 Å². The molecular weight excluding hydrogens is 394 g/mol. The van der Waals surface area contributed by atoms with E-state index in [4.69, 9.17) is 14.0 Å². The summed E-state index contributed by atoms with van der Waals surface area (Å²) < 4.78 is 17.1. The normalized spacial score (nSPS) is 13.9. The van der Waals surface area contributed by atoms with Gasteiger partial charge in [0.05, 0.1) is 11.3 Å². The summed E-state index contributed by atoms with van der Waals surface area (Å²) >= 11 is 0. The molecule has 1 aromatic carbocycles. The summed E-state index contributed by atoms with van der Waals surface area (Å²) in [5, 5.41) is 6.89. The molecule has 1 aliphatic carbocycles. The molecule has 7 nitrogen and oxygen atoms in total. The van der Waals surface area contributed by atoms with E-state index in [1.165, 1.54) is 12.8 Å². The van der Waals surface area contributed by atoms with Crippen LogP contribution in [0.15, 0.2) is 47.1 Å². The van der Waals surface area contributed by atoms with E-state index in [9.17, 15) is 4.79 Å². The van der Waals surface area contributed by atoms with E-state index in [1.807, 2.05) is 32.0 Å². The first-order valence-corrected chi connectivity index (χ1v) is 10.6. The van der Waals surface area contributed by atoms with Crippen LogP contribution in [-0.2, 0) is 13.2 Å². The lowest BCUT2D eigenvalue weighted by molar-refractivity contribution is 0.0949. The fourth-order valence-corrected chi connectivity index (χ4v) is 3.70. The zero-order chi connectivity index (χ0) is 21.6. The van der Waals surface area contributed by atoms with Gasteiger partial charge in [-0.05, 0) is 63.8 Å². The first-order valence-electron chi connectivity index (χ1n) is 10.6. The molecule has 0 saturated heterocycles.